The van der Waals surface area contributed by atoms with Gasteiger partial charge in [0.2, 0.25) is 0 Å². The monoisotopic (exact) mass is 460 g/mol. The highest BCUT2D eigenvalue weighted by atomic mass is 16.3. The molecule has 0 saturated heterocycles. The van der Waals surface area contributed by atoms with Crippen molar-refractivity contribution in [3.05, 3.63) is 106 Å². The molecule has 6 rings (SSSR count). The van der Waals surface area contributed by atoms with E-state index in [-0.39, 0.29) is 22.3 Å². The Labute approximate surface area is 207 Å². The summed E-state index contributed by atoms with van der Waals surface area (Å²) >= 11 is 0. The second kappa shape index (κ2) is 6.79. The van der Waals surface area contributed by atoms with Gasteiger partial charge in [-0.15, -0.1) is 0 Å². The molecule has 0 aliphatic heterocycles. The van der Waals surface area contributed by atoms with Crippen molar-refractivity contribution in [2.24, 2.45) is 0 Å². The number of phenolic OH excluding ortho intramolecular Hbond substituents is 2. The van der Waals surface area contributed by atoms with E-state index in [1.165, 1.54) is 33.4 Å². The van der Waals surface area contributed by atoms with E-state index in [0.29, 0.717) is 0 Å². The van der Waals surface area contributed by atoms with Crippen LogP contribution >= 0.6 is 0 Å². The first-order valence-corrected chi connectivity index (χ1v) is 12.4. The summed E-state index contributed by atoms with van der Waals surface area (Å²) in [5.74, 6) is 0.517. The van der Waals surface area contributed by atoms with Crippen molar-refractivity contribution in [1.82, 2.24) is 0 Å². The van der Waals surface area contributed by atoms with Crippen LogP contribution in [-0.4, -0.2) is 10.2 Å². The van der Waals surface area contributed by atoms with Gasteiger partial charge in [0.25, 0.3) is 0 Å². The van der Waals surface area contributed by atoms with E-state index in [1.54, 1.807) is 12.1 Å². The van der Waals surface area contributed by atoms with E-state index in [9.17, 15) is 10.2 Å². The first-order valence-electron chi connectivity index (χ1n) is 12.4. The smallest absolute Gasteiger partial charge is 0.115 e. The third-order valence-electron chi connectivity index (χ3n) is 7.97. The van der Waals surface area contributed by atoms with Gasteiger partial charge in [0, 0.05) is 0 Å². The van der Waals surface area contributed by atoms with E-state index in [4.69, 9.17) is 0 Å². The summed E-state index contributed by atoms with van der Waals surface area (Å²) in [4.78, 5) is 0. The molecule has 0 unspecified atom stereocenters. The number of aromatic hydroxyl groups is 2. The fourth-order valence-corrected chi connectivity index (χ4v) is 6.14. The molecule has 0 atom stereocenters. The Kier molecular flexibility index (Phi) is 4.26. The standard InChI is InChI=1S/C33H32O2/c1-31(2,3)19-7-11-23-24-12-8-20(32(4,5)6)16-28(24)33(27(23)15-19)29-17-21(34)9-13-25(29)26-14-10-22(35)18-30(26)33/h7-18,34-35H,1-6H3. The van der Waals surface area contributed by atoms with Gasteiger partial charge in [0.05, 0.1) is 5.41 Å². The number of hydrogen-bond donors (Lipinski definition) is 2. The van der Waals surface area contributed by atoms with Gasteiger partial charge in [-0.05, 0) is 90.7 Å². The molecular weight excluding hydrogens is 428 g/mol. The van der Waals surface area contributed by atoms with E-state index >= 15 is 0 Å². The molecule has 0 fully saturated rings. The van der Waals surface area contributed by atoms with Gasteiger partial charge in [-0.25, -0.2) is 0 Å². The molecule has 4 aromatic carbocycles. The molecule has 2 aliphatic carbocycles. The molecule has 0 radical (unpaired) electrons. The SMILES string of the molecule is CC(C)(C)c1ccc2c(c1)C1(c3cc(O)ccc3-c3ccc(O)cc31)c1cc(C(C)(C)C)ccc1-2. The Bertz CT molecular complexity index is 1410. The molecule has 0 aromatic heterocycles. The third kappa shape index (κ3) is 2.89. The Balaban J connectivity index is 1.83. The van der Waals surface area contributed by atoms with Gasteiger partial charge in [0.15, 0.2) is 0 Å². The highest BCUT2D eigenvalue weighted by Crippen LogP contribution is 2.64. The first kappa shape index (κ1) is 22.0. The lowest BCUT2D eigenvalue weighted by molar-refractivity contribution is 0.473. The lowest BCUT2D eigenvalue weighted by atomic mass is 9.68. The molecule has 2 heteroatoms. The highest BCUT2D eigenvalue weighted by molar-refractivity contribution is 5.95. The van der Waals surface area contributed by atoms with Crippen LogP contribution in [0.2, 0.25) is 0 Å². The van der Waals surface area contributed by atoms with Gasteiger partial charge >= 0.3 is 0 Å². The van der Waals surface area contributed by atoms with Crippen molar-refractivity contribution in [2.45, 2.75) is 57.8 Å². The zero-order valence-corrected chi connectivity index (χ0v) is 21.3. The van der Waals surface area contributed by atoms with Gasteiger partial charge in [-0.1, -0.05) is 90.1 Å². The molecule has 2 nitrogen and oxygen atoms in total. The van der Waals surface area contributed by atoms with Crippen molar-refractivity contribution >= 4 is 0 Å². The van der Waals surface area contributed by atoms with Crippen molar-refractivity contribution in [3.63, 3.8) is 0 Å². The fourth-order valence-electron chi connectivity index (χ4n) is 6.14. The molecule has 4 aromatic rings. The molecular formula is C33H32O2. The molecule has 0 saturated carbocycles. The molecule has 0 amide bonds. The quantitative estimate of drug-likeness (QED) is 0.241. The summed E-state index contributed by atoms with van der Waals surface area (Å²) in [6.07, 6.45) is 0. The summed E-state index contributed by atoms with van der Waals surface area (Å²) in [6.45, 7) is 13.5. The highest BCUT2D eigenvalue weighted by Gasteiger charge is 2.52. The van der Waals surface area contributed by atoms with Crippen LogP contribution in [0.25, 0.3) is 22.3 Å². The maximum absolute atomic E-state index is 10.7. The number of hydrogen-bond acceptors (Lipinski definition) is 2. The van der Waals surface area contributed by atoms with Crippen molar-refractivity contribution < 1.29 is 10.2 Å². The Morgan fingerprint density at radius 2 is 0.771 bits per heavy atom. The minimum atomic E-state index is -0.602. The number of rotatable bonds is 0. The van der Waals surface area contributed by atoms with Crippen LogP contribution in [0.1, 0.15) is 74.9 Å². The number of phenols is 2. The predicted octanol–water partition coefficient (Wildman–Crippen LogP) is 8.04. The molecule has 1 spiro atoms. The predicted molar refractivity (Wildman–Crippen MR) is 143 cm³/mol. The molecule has 0 heterocycles. The molecule has 176 valence electrons. The minimum Gasteiger partial charge on any atom is -0.508 e. The maximum Gasteiger partial charge on any atom is 0.115 e. The Morgan fingerprint density at radius 1 is 0.457 bits per heavy atom. The second-order valence-electron chi connectivity index (χ2n) is 12.2. The van der Waals surface area contributed by atoms with Crippen LogP contribution in [-0.2, 0) is 16.2 Å². The average Bonchev–Trinajstić information content (AvgIpc) is 3.23. The van der Waals surface area contributed by atoms with Crippen molar-refractivity contribution in [2.75, 3.05) is 0 Å². The first-order chi connectivity index (χ1) is 16.4. The van der Waals surface area contributed by atoms with Crippen molar-refractivity contribution in [3.8, 4) is 33.8 Å². The van der Waals surface area contributed by atoms with E-state index < -0.39 is 5.41 Å². The van der Waals surface area contributed by atoms with E-state index in [1.807, 2.05) is 24.3 Å². The van der Waals surface area contributed by atoms with Crippen LogP contribution in [0, 0.1) is 0 Å². The molecule has 0 bridgehead atoms. The minimum absolute atomic E-state index is 0.0104. The van der Waals surface area contributed by atoms with Gasteiger partial charge in [-0.3, -0.25) is 0 Å². The lowest BCUT2D eigenvalue weighted by Gasteiger charge is -2.32. The van der Waals surface area contributed by atoms with Crippen LogP contribution in [0.15, 0.2) is 72.8 Å². The van der Waals surface area contributed by atoms with Crippen LogP contribution < -0.4 is 0 Å². The van der Waals surface area contributed by atoms with Gasteiger partial charge in [-0.2, -0.15) is 0 Å². The van der Waals surface area contributed by atoms with Crippen LogP contribution in [0.4, 0.5) is 0 Å². The maximum atomic E-state index is 10.7. The number of fused-ring (bicyclic) bond motifs is 10. The van der Waals surface area contributed by atoms with Gasteiger partial charge in [0.1, 0.15) is 11.5 Å². The Morgan fingerprint density at radius 3 is 1.11 bits per heavy atom. The zero-order valence-electron chi connectivity index (χ0n) is 21.3. The lowest BCUT2D eigenvalue weighted by Crippen LogP contribution is -2.27. The average molecular weight is 461 g/mol. The third-order valence-corrected chi connectivity index (χ3v) is 7.97. The van der Waals surface area contributed by atoms with E-state index in [2.05, 4.69) is 77.9 Å². The summed E-state index contributed by atoms with van der Waals surface area (Å²) < 4.78 is 0. The second-order valence-corrected chi connectivity index (χ2v) is 12.2. The summed E-state index contributed by atoms with van der Waals surface area (Å²) in [7, 11) is 0. The molecule has 2 N–H and O–H groups in total. The topological polar surface area (TPSA) is 40.5 Å². The molecule has 35 heavy (non-hydrogen) atoms. The summed E-state index contributed by atoms with van der Waals surface area (Å²) in [5, 5.41) is 21.4. The van der Waals surface area contributed by atoms with Gasteiger partial charge < -0.3 is 10.2 Å². The van der Waals surface area contributed by atoms with Crippen molar-refractivity contribution in [1.29, 1.82) is 0 Å². The largest absolute Gasteiger partial charge is 0.508 e. The van der Waals surface area contributed by atoms with Crippen LogP contribution in [0.5, 0.6) is 11.5 Å². The summed E-state index contributed by atoms with van der Waals surface area (Å²) in [5.41, 5.74) is 11.2. The molecule has 2 aliphatic rings. The Hall–Kier alpha value is -3.52. The van der Waals surface area contributed by atoms with Crippen LogP contribution in [0.3, 0.4) is 0 Å². The van der Waals surface area contributed by atoms with E-state index in [0.717, 1.165) is 22.3 Å². The number of benzene rings is 4. The summed E-state index contributed by atoms with van der Waals surface area (Å²) in [6, 6.07) is 25.2. The zero-order chi connectivity index (χ0) is 24.9. The normalized spacial score (nSPS) is 15.0. The fraction of sp³-hybridized carbons (Fsp3) is 0.273.